The Hall–Kier alpha value is -0.890. The highest BCUT2D eigenvalue weighted by Gasteiger charge is 2.07. The van der Waals surface area contributed by atoms with Crippen LogP contribution in [0.25, 0.3) is 0 Å². The van der Waals surface area contributed by atoms with Crippen molar-refractivity contribution >= 4 is 11.6 Å². The van der Waals surface area contributed by atoms with Crippen LogP contribution in [0.4, 0.5) is 0 Å². The summed E-state index contributed by atoms with van der Waals surface area (Å²) in [5, 5.41) is 0. The molecule has 1 aromatic carbocycles. The van der Waals surface area contributed by atoms with Crippen molar-refractivity contribution in [1.82, 2.24) is 0 Å². The molecule has 0 aromatic heterocycles. The van der Waals surface area contributed by atoms with Crippen LogP contribution in [0.2, 0.25) is 0 Å². The molecular formula is C13H19ClO2. The molecular weight excluding hydrogens is 224 g/mol. The van der Waals surface area contributed by atoms with Crippen LogP contribution in [0.5, 0.6) is 11.5 Å². The monoisotopic (exact) mass is 242 g/mol. The number of rotatable bonds is 6. The fourth-order valence-electron chi connectivity index (χ4n) is 1.26. The van der Waals surface area contributed by atoms with Crippen molar-refractivity contribution in [3.8, 4) is 11.5 Å². The van der Waals surface area contributed by atoms with Gasteiger partial charge in [0.25, 0.3) is 0 Å². The summed E-state index contributed by atoms with van der Waals surface area (Å²) in [4.78, 5) is 0. The van der Waals surface area contributed by atoms with Crippen LogP contribution in [-0.2, 0) is 5.88 Å². The summed E-state index contributed by atoms with van der Waals surface area (Å²) in [7, 11) is 1.65. The molecule has 0 spiro atoms. The van der Waals surface area contributed by atoms with Gasteiger partial charge in [-0.15, -0.1) is 11.6 Å². The second-order valence-corrected chi connectivity index (χ2v) is 4.20. The van der Waals surface area contributed by atoms with E-state index in [1.54, 1.807) is 7.11 Å². The van der Waals surface area contributed by atoms with Crippen LogP contribution in [0, 0.1) is 5.92 Å². The van der Waals surface area contributed by atoms with Crippen molar-refractivity contribution in [2.75, 3.05) is 13.7 Å². The largest absolute Gasteiger partial charge is 0.497 e. The molecule has 1 atom stereocenters. The minimum absolute atomic E-state index is 0.458. The normalized spacial score (nSPS) is 12.2. The molecule has 0 N–H and O–H groups in total. The molecule has 16 heavy (non-hydrogen) atoms. The van der Waals surface area contributed by atoms with E-state index in [0.717, 1.165) is 23.5 Å². The summed E-state index contributed by atoms with van der Waals surface area (Å²) in [5.74, 6) is 2.64. The van der Waals surface area contributed by atoms with Gasteiger partial charge in [-0.25, -0.2) is 0 Å². The fraction of sp³-hybridized carbons (Fsp3) is 0.538. The highest BCUT2D eigenvalue weighted by molar-refractivity contribution is 6.17. The van der Waals surface area contributed by atoms with Crippen molar-refractivity contribution in [3.05, 3.63) is 23.8 Å². The SMILES string of the molecule is CCC(C)COc1cc(OC)ccc1CCl. The molecule has 0 amide bonds. The predicted octanol–water partition coefficient (Wildman–Crippen LogP) is 3.86. The second kappa shape index (κ2) is 6.64. The van der Waals surface area contributed by atoms with Gasteiger partial charge < -0.3 is 9.47 Å². The van der Waals surface area contributed by atoms with Crippen LogP contribution < -0.4 is 9.47 Å². The topological polar surface area (TPSA) is 18.5 Å². The van der Waals surface area contributed by atoms with Gasteiger partial charge >= 0.3 is 0 Å². The summed E-state index contributed by atoms with van der Waals surface area (Å²) in [5.41, 5.74) is 1.01. The first kappa shape index (κ1) is 13.2. The van der Waals surface area contributed by atoms with E-state index in [2.05, 4.69) is 13.8 Å². The maximum Gasteiger partial charge on any atom is 0.127 e. The van der Waals surface area contributed by atoms with Crippen molar-refractivity contribution in [3.63, 3.8) is 0 Å². The summed E-state index contributed by atoms with van der Waals surface area (Å²) in [6, 6.07) is 5.73. The first-order chi connectivity index (χ1) is 7.71. The van der Waals surface area contributed by atoms with Gasteiger partial charge in [0, 0.05) is 11.6 Å². The zero-order chi connectivity index (χ0) is 12.0. The quantitative estimate of drug-likeness (QED) is 0.706. The number of ether oxygens (including phenoxy) is 2. The summed E-state index contributed by atoms with van der Waals surface area (Å²) < 4.78 is 10.9. The van der Waals surface area contributed by atoms with Crippen LogP contribution in [0.1, 0.15) is 25.8 Å². The van der Waals surface area contributed by atoms with Crippen LogP contribution >= 0.6 is 11.6 Å². The first-order valence-corrected chi connectivity index (χ1v) is 6.10. The average Bonchev–Trinajstić information content (AvgIpc) is 2.35. The molecule has 0 aliphatic heterocycles. The first-order valence-electron chi connectivity index (χ1n) is 5.56. The summed E-state index contributed by atoms with van der Waals surface area (Å²) in [6.07, 6.45) is 1.11. The Labute approximate surface area is 103 Å². The maximum absolute atomic E-state index is 5.86. The van der Waals surface area contributed by atoms with E-state index in [4.69, 9.17) is 21.1 Å². The summed E-state index contributed by atoms with van der Waals surface area (Å²) >= 11 is 5.86. The lowest BCUT2D eigenvalue weighted by Gasteiger charge is -2.14. The van der Waals surface area contributed by atoms with Gasteiger partial charge in [0.2, 0.25) is 0 Å². The lowest BCUT2D eigenvalue weighted by atomic mass is 10.1. The Morgan fingerprint density at radius 2 is 2.12 bits per heavy atom. The standard InChI is InChI=1S/C13H19ClO2/c1-4-10(2)9-16-13-7-12(15-3)6-5-11(13)8-14/h5-7,10H,4,8-9H2,1-3H3. The highest BCUT2D eigenvalue weighted by Crippen LogP contribution is 2.26. The Bertz CT molecular complexity index is 326. The predicted molar refractivity (Wildman–Crippen MR) is 67.5 cm³/mol. The smallest absolute Gasteiger partial charge is 0.127 e. The molecule has 0 radical (unpaired) electrons. The lowest BCUT2D eigenvalue weighted by Crippen LogP contribution is -2.08. The van der Waals surface area contributed by atoms with Gasteiger partial charge in [-0.3, -0.25) is 0 Å². The van der Waals surface area contributed by atoms with Crippen molar-refractivity contribution in [2.45, 2.75) is 26.1 Å². The Kier molecular flexibility index (Phi) is 5.47. The Morgan fingerprint density at radius 1 is 1.38 bits per heavy atom. The van der Waals surface area contributed by atoms with Crippen molar-refractivity contribution < 1.29 is 9.47 Å². The molecule has 3 heteroatoms. The molecule has 0 saturated heterocycles. The minimum Gasteiger partial charge on any atom is -0.497 e. The third kappa shape index (κ3) is 3.60. The number of alkyl halides is 1. The van der Waals surface area contributed by atoms with E-state index in [-0.39, 0.29) is 0 Å². The molecule has 1 rings (SSSR count). The fourth-order valence-corrected chi connectivity index (χ4v) is 1.48. The van der Waals surface area contributed by atoms with E-state index in [1.165, 1.54) is 0 Å². The highest BCUT2D eigenvalue weighted by atomic mass is 35.5. The average molecular weight is 243 g/mol. The van der Waals surface area contributed by atoms with Gasteiger partial charge in [0.1, 0.15) is 11.5 Å². The van der Waals surface area contributed by atoms with Crippen LogP contribution in [-0.4, -0.2) is 13.7 Å². The molecule has 2 nitrogen and oxygen atoms in total. The van der Waals surface area contributed by atoms with Gasteiger partial charge in [-0.05, 0) is 12.0 Å². The molecule has 90 valence electrons. The van der Waals surface area contributed by atoms with E-state index < -0.39 is 0 Å². The van der Waals surface area contributed by atoms with E-state index in [9.17, 15) is 0 Å². The maximum atomic E-state index is 5.86. The number of hydrogen-bond donors (Lipinski definition) is 0. The van der Waals surface area contributed by atoms with Crippen molar-refractivity contribution in [1.29, 1.82) is 0 Å². The van der Waals surface area contributed by atoms with Crippen LogP contribution in [0.15, 0.2) is 18.2 Å². The van der Waals surface area contributed by atoms with Gasteiger partial charge in [-0.2, -0.15) is 0 Å². The minimum atomic E-state index is 0.458. The molecule has 1 aromatic rings. The summed E-state index contributed by atoms with van der Waals surface area (Å²) in [6.45, 7) is 5.04. The van der Waals surface area contributed by atoms with E-state index >= 15 is 0 Å². The van der Waals surface area contributed by atoms with E-state index in [1.807, 2.05) is 18.2 Å². The third-order valence-electron chi connectivity index (χ3n) is 2.64. The molecule has 0 aliphatic rings. The second-order valence-electron chi connectivity index (χ2n) is 3.93. The molecule has 1 unspecified atom stereocenters. The van der Waals surface area contributed by atoms with E-state index in [0.29, 0.717) is 18.4 Å². The van der Waals surface area contributed by atoms with Gasteiger partial charge in [0.05, 0.1) is 19.6 Å². The third-order valence-corrected chi connectivity index (χ3v) is 2.93. The molecule has 0 fully saturated rings. The van der Waals surface area contributed by atoms with Crippen molar-refractivity contribution in [2.24, 2.45) is 5.92 Å². The van der Waals surface area contributed by atoms with Gasteiger partial charge in [0.15, 0.2) is 0 Å². The number of benzene rings is 1. The molecule has 0 saturated carbocycles. The number of hydrogen-bond acceptors (Lipinski definition) is 2. The Morgan fingerprint density at radius 3 is 2.69 bits per heavy atom. The van der Waals surface area contributed by atoms with Gasteiger partial charge in [-0.1, -0.05) is 26.3 Å². The van der Waals surface area contributed by atoms with Crippen LogP contribution in [0.3, 0.4) is 0 Å². The number of methoxy groups -OCH3 is 1. The zero-order valence-corrected chi connectivity index (χ0v) is 10.9. The molecule has 0 aliphatic carbocycles. The zero-order valence-electron chi connectivity index (χ0n) is 10.1. The number of halogens is 1. The Balaban J connectivity index is 2.75. The molecule has 0 bridgehead atoms. The molecule has 0 heterocycles. The lowest BCUT2D eigenvalue weighted by molar-refractivity contribution is 0.253.